The van der Waals surface area contributed by atoms with Gasteiger partial charge in [0.2, 0.25) is 10.0 Å². The summed E-state index contributed by atoms with van der Waals surface area (Å²) in [4.78, 5) is 0. The van der Waals surface area contributed by atoms with Crippen molar-refractivity contribution in [1.29, 1.82) is 0 Å². The van der Waals surface area contributed by atoms with Crippen LogP contribution in [0.3, 0.4) is 0 Å². The quantitative estimate of drug-likeness (QED) is 0.584. The molecule has 0 heterocycles. The number of hydrogen-bond acceptors (Lipinski definition) is 3. The monoisotopic (exact) mass is 335 g/mol. The Labute approximate surface area is 117 Å². The number of halogens is 1. The first-order valence-electron chi connectivity index (χ1n) is 5.67. The number of hydrogen-bond donors (Lipinski definition) is 1. The lowest BCUT2D eigenvalue weighted by Crippen LogP contribution is -2.26. The molecule has 0 saturated heterocycles. The Balaban J connectivity index is 2.43. The van der Waals surface area contributed by atoms with Crippen molar-refractivity contribution in [2.75, 3.05) is 19.5 Å². The summed E-state index contributed by atoms with van der Waals surface area (Å²) >= 11 is 3.36. The van der Waals surface area contributed by atoms with Gasteiger partial charge < -0.3 is 4.74 Å². The molecule has 0 unspecified atom stereocenters. The molecule has 1 aromatic rings. The van der Waals surface area contributed by atoms with Gasteiger partial charge in [-0.25, -0.2) is 13.1 Å². The Kier molecular flexibility index (Phi) is 6.85. The summed E-state index contributed by atoms with van der Waals surface area (Å²) in [5, 5.41) is 0.802. The zero-order valence-corrected chi connectivity index (χ0v) is 12.8. The zero-order valence-electron chi connectivity index (χ0n) is 10.4. The predicted octanol–water partition coefficient (Wildman–Crippen LogP) is 2.04. The average molecular weight is 336 g/mol. The van der Waals surface area contributed by atoms with E-state index in [0.29, 0.717) is 19.6 Å². The van der Waals surface area contributed by atoms with Gasteiger partial charge in [0.05, 0.1) is 5.75 Å². The highest BCUT2D eigenvalue weighted by Crippen LogP contribution is 2.08. The van der Waals surface area contributed by atoms with Crippen molar-refractivity contribution < 1.29 is 13.2 Å². The molecule has 0 aliphatic heterocycles. The highest BCUT2D eigenvalue weighted by atomic mass is 79.9. The summed E-state index contributed by atoms with van der Waals surface area (Å²) in [5.74, 6) is 0.0975. The van der Waals surface area contributed by atoms with E-state index in [1.807, 2.05) is 24.3 Å². The SMILES string of the molecule is COCCCS(=O)(=O)NCc1ccc(CBr)cc1. The van der Waals surface area contributed by atoms with Crippen LogP contribution in [0.4, 0.5) is 0 Å². The molecule has 0 bridgehead atoms. The lowest BCUT2D eigenvalue weighted by molar-refractivity contribution is 0.199. The van der Waals surface area contributed by atoms with Gasteiger partial charge >= 0.3 is 0 Å². The van der Waals surface area contributed by atoms with Crippen molar-refractivity contribution in [2.45, 2.75) is 18.3 Å². The second-order valence-electron chi connectivity index (χ2n) is 3.94. The first kappa shape index (κ1) is 15.6. The lowest BCUT2D eigenvalue weighted by atomic mass is 10.2. The second kappa shape index (κ2) is 7.89. The molecule has 1 rings (SSSR count). The number of benzene rings is 1. The van der Waals surface area contributed by atoms with Crippen LogP contribution in [-0.4, -0.2) is 27.9 Å². The normalized spacial score (nSPS) is 11.7. The molecule has 0 amide bonds. The number of nitrogens with one attached hydrogen (secondary N) is 1. The largest absolute Gasteiger partial charge is 0.385 e. The molecule has 102 valence electrons. The molecule has 0 radical (unpaired) electrons. The number of ether oxygens (including phenoxy) is 1. The van der Waals surface area contributed by atoms with E-state index < -0.39 is 10.0 Å². The zero-order chi connectivity index (χ0) is 13.4. The maximum Gasteiger partial charge on any atom is 0.211 e. The summed E-state index contributed by atoms with van der Waals surface area (Å²) in [6.45, 7) is 0.790. The van der Waals surface area contributed by atoms with Gasteiger partial charge in [-0.3, -0.25) is 0 Å². The van der Waals surface area contributed by atoms with E-state index >= 15 is 0 Å². The van der Waals surface area contributed by atoms with Gasteiger partial charge in [0.1, 0.15) is 0 Å². The standard InChI is InChI=1S/C12H18BrNO3S/c1-17-7-2-8-18(15,16)14-10-12-5-3-11(9-13)4-6-12/h3-6,14H,2,7-10H2,1H3. The number of rotatable bonds is 8. The maximum absolute atomic E-state index is 11.6. The Morgan fingerprint density at radius 1 is 1.22 bits per heavy atom. The van der Waals surface area contributed by atoms with Gasteiger partial charge in [-0.1, -0.05) is 40.2 Å². The minimum Gasteiger partial charge on any atom is -0.385 e. The Bertz CT molecular complexity index is 445. The third kappa shape index (κ3) is 5.95. The second-order valence-corrected chi connectivity index (χ2v) is 6.42. The van der Waals surface area contributed by atoms with Gasteiger partial charge in [-0.2, -0.15) is 0 Å². The fraction of sp³-hybridized carbons (Fsp3) is 0.500. The van der Waals surface area contributed by atoms with Crippen LogP contribution in [0, 0.1) is 0 Å². The van der Waals surface area contributed by atoms with Gasteiger partial charge in [-0.05, 0) is 17.5 Å². The first-order valence-corrected chi connectivity index (χ1v) is 8.45. The van der Waals surface area contributed by atoms with E-state index in [9.17, 15) is 8.42 Å². The van der Waals surface area contributed by atoms with Crippen LogP contribution in [0.25, 0.3) is 0 Å². The molecule has 0 aliphatic rings. The molecule has 1 aromatic carbocycles. The maximum atomic E-state index is 11.6. The highest BCUT2D eigenvalue weighted by Gasteiger charge is 2.09. The van der Waals surface area contributed by atoms with E-state index in [1.165, 1.54) is 5.56 Å². The average Bonchev–Trinajstić information content (AvgIpc) is 2.37. The Hall–Kier alpha value is -0.430. The molecular formula is C12H18BrNO3S. The number of alkyl halides is 1. The third-order valence-electron chi connectivity index (χ3n) is 2.44. The van der Waals surface area contributed by atoms with E-state index in [1.54, 1.807) is 7.11 Å². The fourth-order valence-electron chi connectivity index (χ4n) is 1.40. The van der Waals surface area contributed by atoms with Crippen LogP contribution >= 0.6 is 15.9 Å². The molecule has 0 fully saturated rings. The van der Waals surface area contributed by atoms with Crippen molar-refractivity contribution in [1.82, 2.24) is 4.72 Å². The summed E-state index contributed by atoms with van der Waals surface area (Å²) in [5.41, 5.74) is 2.12. The van der Waals surface area contributed by atoms with Crippen LogP contribution in [0.5, 0.6) is 0 Å². The highest BCUT2D eigenvalue weighted by molar-refractivity contribution is 9.08. The van der Waals surface area contributed by atoms with Gasteiger partial charge in [-0.15, -0.1) is 0 Å². The minimum absolute atomic E-state index is 0.0975. The Morgan fingerprint density at radius 2 is 1.83 bits per heavy atom. The van der Waals surface area contributed by atoms with Crippen molar-refractivity contribution in [2.24, 2.45) is 0 Å². The van der Waals surface area contributed by atoms with Gasteiger partial charge in [0.15, 0.2) is 0 Å². The molecule has 0 saturated carbocycles. The van der Waals surface area contributed by atoms with Crippen LogP contribution in [0.2, 0.25) is 0 Å². The van der Waals surface area contributed by atoms with Crippen molar-refractivity contribution in [3.8, 4) is 0 Å². The van der Waals surface area contributed by atoms with Gasteiger partial charge in [0, 0.05) is 25.6 Å². The van der Waals surface area contributed by atoms with Crippen molar-refractivity contribution >= 4 is 26.0 Å². The first-order chi connectivity index (χ1) is 8.57. The van der Waals surface area contributed by atoms with E-state index in [-0.39, 0.29) is 5.75 Å². The molecule has 0 spiro atoms. The summed E-state index contributed by atoms with van der Waals surface area (Å²) in [6, 6.07) is 7.80. The Morgan fingerprint density at radius 3 is 2.39 bits per heavy atom. The van der Waals surface area contributed by atoms with Crippen LogP contribution in [0.1, 0.15) is 17.5 Å². The fourth-order valence-corrected chi connectivity index (χ4v) is 2.81. The van der Waals surface area contributed by atoms with E-state index in [0.717, 1.165) is 10.9 Å². The smallest absolute Gasteiger partial charge is 0.211 e. The molecule has 18 heavy (non-hydrogen) atoms. The van der Waals surface area contributed by atoms with Gasteiger partial charge in [0.25, 0.3) is 0 Å². The molecule has 6 heteroatoms. The summed E-state index contributed by atoms with van der Waals surface area (Å²) < 4.78 is 30.7. The van der Waals surface area contributed by atoms with Crippen LogP contribution in [-0.2, 0) is 26.6 Å². The summed E-state index contributed by atoms with van der Waals surface area (Å²) in [7, 11) is -1.65. The van der Waals surface area contributed by atoms with Crippen molar-refractivity contribution in [3.63, 3.8) is 0 Å². The molecule has 0 aromatic heterocycles. The topological polar surface area (TPSA) is 55.4 Å². The molecule has 0 aliphatic carbocycles. The summed E-state index contributed by atoms with van der Waals surface area (Å²) in [6.07, 6.45) is 0.508. The number of methoxy groups -OCH3 is 1. The minimum atomic E-state index is -3.21. The predicted molar refractivity (Wildman–Crippen MR) is 76.2 cm³/mol. The lowest BCUT2D eigenvalue weighted by Gasteiger charge is -2.07. The van der Waals surface area contributed by atoms with E-state index in [4.69, 9.17) is 4.74 Å². The van der Waals surface area contributed by atoms with Crippen LogP contribution < -0.4 is 4.72 Å². The molecule has 0 atom stereocenters. The molecular weight excluding hydrogens is 318 g/mol. The van der Waals surface area contributed by atoms with Crippen molar-refractivity contribution in [3.05, 3.63) is 35.4 Å². The molecule has 1 N–H and O–H groups in total. The third-order valence-corrected chi connectivity index (χ3v) is 4.49. The number of sulfonamides is 1. The van der Waals surface area contributed by atoms with E-state index in [2.05, 4.69) is 20.7 Å². The van der Waals surface area contributed by atoms with Crippen LogP contribution in [0.15, 0.2) is 24.3 Å². The molecule has 4 nitrogen and oxygen atoms in total.